The quantitative estimate of drug-likeness (QED) is 0.232. The average molecular weight is 487 g/mol. The first-order valence-corrected chi connectivity index (χ1v) is 11.9. The highest BCUT2D eigenvalue weighted by molar-refractivity contribution is 5.97. The summed E-state index contributed by atoms with van der Waals surface area (Å²) in [5.41, 5.74) is 1.99. The monoisotopic (exact) mass is 486 g/mol. The Labute approximate surface area is 211 Å². The van der Waals surface area contributed by atoms with Gasteiger partial charge in [-0.15, -0.1) is 6.42 Å². The van der Waals surface area contributed by atoms with Crippen LogP contribution in [-0.2, 0) is 16.0 Å². The molecule has 0 saturated carbocycles. The van der Waals surface area contributed by atoms with Crippen molar-refractivity contribution < 1.29 is 19.0 Å². The Morgan fingerprint density at radius 2 is 1.97 bits per heavy atom. The first kappa shape index (κ1) is 34.3. The molecule has 0 radical (unpaired) electrons. The number of allylic oxidation sites excluding steroid dienone is 6. The standard InChI is InChI=1S/C11H15FN2.C10H14O.C8H14O2/c1-4-6-10-11(9(12)5-2)8(3)13-7-14-10;1-4-7-9(8-5-2)10(11)6-3;1-5-8(4,6-9)10-7(2)3/h5,7H,4,6H2,1-3H3;4-5,7-8H,1,6H2,2-3H3;1,7,9H,6H2,2-4H3/b9-5+;8-5-,9-7+;. The van der Waals surface area contributed by atoms with Crippen molar-refractivity contribution in [2.75, 3.05) is 6.61 Å². The summed E-state index contributed by atoms with van der Waals surface area (Å²) >= 11 is 0. The number of aromatic nitrogens is 2. The Morgan fingerprint density at radius 3 is 2.34 bits per heavy atom. The van der Waals surface area contributed by atoms with Crippen molar-refractivity contribution in [2.45, 2.75) is 86.4 Å². The lowest BCUT2D eigenvalue weighted by Crippen LogP contribution is -2.33. The summed E-state index contributed by atoms with van der Waals surface area (Å²) in [6, 6.07) is 0. The molecule has 0 aliphatic heterocycles. The van der Waals surface area contributed by atoms with E-state index in [1.807, 2.05) is 33.8 Å². The second-order valence-corrected chi connectivity index (χ2v) is 8.00. The Bertz CT molecular complexity index is 911. The molecule has 194 valence electrons. The van der Waals surface area contributed by atoms with Gasteiger partial charge in [-0.25, -0.2) is 14.4 Å². The molecule has 1 N–H and O–H groups in total. The molecule has 1 aromatic heterocycles. The second-order valence-electron chi connectivity index (χ2n) is 8.00. The number of hydrogen-bond donors (Lipinski definition) is 1. The number of rotatable bonds is 10. The van der Waals surface area contributed by atoms with Crippen molar-refractivity contribution in [1.29, 1.82) is 0 Å². The van der Waals surface area contributed by atoms with Gasteiger partial charge in [0, 0.05) is 12.0 Å². The number of carbonyl (C=O) groups is 1. The lowest BCUT2D eigenvalue weighted by Gasteiger charge is -2.23. The maximum absolute atomic E-state index is 13.5. The van der Waals surface area contributed by atoms with E-state index in [2.05, 4.69) is 29.4 Å². The minimum absolute atomic E-state index is 0.0493. The zero-order valence-electron chi connectivity index (χ0n) is 22.7. The van der Waals surface area contributed by atoms with E-state index in [-0.39, 0.29) is 24.3 Å². The number of ketones is 1. The molecule has 1 unspecified atom stereocenters. The predicted octanol–water partition coefficient (Wildman–Crippen LogP) is 6.52. The largest absolute Gasteiger partial charge is 0.392 e. The van der Waals surface area contributed by atoms with Gasteiger partial charge in [0.25, 0.3) is 0 Å². The fourth-order valence-corrected chi connectivity index (χ4v) is 2.79. The zero-order valence-corrected chi connectivity index (χ0v) is 22.7. The highest BCUT2D eigenvalue weighted by atomic mass is 19.1. The first-order chi connectivity index (χ1) is 16.5. The van der Waals surface area contributed by atoms with E-state index in [1.54, 1.807) is 39.0 Å². The van der Waals surface area contributed by atoms with Crippen molar-refractivity contribution in [3.8, 4) is 12.3 Å². The van der Waals surface area contributed by atoms with Gasteiger partial charge in [0.1, 0.15) is 17.8 Å². The molecule has 0 aromatic carbocycles. The summed E-state index contributed by atoms with van der Waals surface area (Å²) in [7, 11) is 0. The summed E-state index contributed by atoms with van der Waals surface area (Å²) < 4.78 is 18.7. The van der Waals surface area contributed by atoms with Gasteiger partial charge in [-0.3, -0.25) is 4.79 Å². The maximum Gasteiger partial charge on any atom is 0.162 e. The Balaban J connectivity index is 0. The number of aliphatic hydroxyl groups excluding tert-OH is 1. The molecular formula is C29H43FN2O3. The normalized spacial score (nSPS) is 13.2. The number of terminal acetylenes is 1. The molecule has 1 heterocycles. The van der Waals surface area contributed by atoms with Crippen molar-refractivity contribution in [2.24, 2.45) is 0 Å². The highest BCUT2D eigenvalue weighted by Crippen LogP contribution is 2.22. The van der Waals surface area contributed by atoms with Crippen LogP contribution in [0.2, 0.25) is 0 Å². The molecule has 1 atom stereocenters. The summed E-state index contributed by atoms with van der Waals surface area (Å²) in [6.45, 7) is 18.1. The molecule has 35 heavy (non-hydrogen) atoms. The maximum atomic E-state index is 13.5. The minimum atomic E-state index is -0.811. The second kappa shape index (κ2) is 19.4. The van der Waals surface area contributed by atoms with E-state index < -0.39 is 5.60 Å². The van der Waals surface area contributed by atoms with E-state index in [9.17, 15) is 9.18 Å². The fourth-order valence-electron chi connectivity index (χ4n) is 2.79. The number of nitrogens with zero attached hydrogens (tertiary/aromatic N) is 2. The van der Waals surface area contributed by atoms with Gasteiger partial charge < -0.3 is 9.84 Å². The molecule has 0 aliphatic rings. The molecule has 0 bridgehead atoms. The third-order valence-corrected chi connectivity index (χ3v) is 4.48. The molecule has 6 heteroatoms. The number of Topliss-reactive ketones (excluding diaryl/α,β-unsaturated/α-hetero) is 1. The van der Waals surface area contributed by atoms with Crippen LogP contribution in [0.1, 0.15) is 78.3 Å². The fraction of sp³-hybridized carbons (Fsp3) is 0.483. The zero-order chi connectivity index (χ0) is 27.4. The molecule has 0 aliphatic carbocycles. The van der Waals surface area contributed by atoms with Crippen LogP contribution in [0, 0.1) is 19.3 Å². The van der Waals surface area contributed by atoms with E-state index in [4.69, 9.17) is 16.3 Å². The third-order valence-electron chi connectivity index (χ3n) is 4.48. The van der Waals surface area contributed by atoms with Gasteiger partial charge in [0.15, 0.2) is 5.78 Å². The van der Waals surface area contributed by atoms with E-state index in [0.29, 0.717) is 17.7 Å². The van der Waals surface area contributed by atoms with Gasteiger partial charge in [0.2, 0.25) is 0 Å². The topological polar surface area (TPSA) is 72.3 Å². The highest BCUT2D eigenvalue weighted by Gasteiger charge is 2.21. The van der Waals surface area contributed by atoms with E-state index in [0.717, 1.165) is 24.1 Å². The Kier molecular flexibility index (Phi) is 19.0. The summed E-state index contributed by atoms with van der Waals surface area (Å²) in [4.78, 5) is 19.2. The van der Waals surface area contributed by atoms with E-state index >= 15 is 0 Å². The van der Waals surface area contributed by atoms with Crippen LogP contribution in [0.15, 0.2) is 48.9 Å². The van der Waals surface area contributed by atoms with Gasteiger partial charge in [-0.2, -0.15) is 0 Å². The van der Waals surface area contributed by atoms with Crippen LogP contribution < -0.4 is 0 Å². The van der Waals surface area contributed by atoms with Crippen LogP contribution in [0.5, 0.6) is 0 Å². The van der Waals surface area contributed by atoms with Crippen LogP contribution in [-0.4, -0.2) is 39.2 Å². The van der Waals surface area contributed by atoms with Crippen LogP contribution in [0.4, 0.5) is 4.39 Å². The van der Waals surface area contributed by atoms with Crippen molar-refractivity contribution in [1.82, 2.24) is 9.97 Å². The molecule has 0 amide bonds. The molecule has 1 aromatic rings. The third kappa shape index (κ3) is 14.2. The van der Waals surface area contributed by atoms with Crippen molar-refractivity contribution in [3.05, 3.63) is 65.8 Å². The molecule has 0 fully saturated rings. The number of ether oxygens (including phenoxy) is 1. The Hall–Kier alpha value is -2.88. The number of halogens is 1. The molecular weight excluding hydrogens is 443 g/mol. The predicted molar refractivity (Wildman–Crippen MR) is 144 cm³/mol. The first-order valence-electron chi connectivity index (χ1n) is 11.9. The van der Waals surface area contributed by atoms with Crippen LogP contribution in [0.3, 0.4) is 0 Å². The van der Waals surface area contributed by atoms with Gasteiger partial charge in [-0.1, -0.05) is 63.1 Å². The lowest BCUT2D eigenvalue weighted by molar-refractivity contribution is -0.115. The molecule has 5 nitrogen and oxygen atoms in total. The number of carbonyl (C=O) groups excluding carboxylic acids is 1. The lowest BCUT2D eigenvalue weighted by atomic mass is 10.1. The minimum Gasteiger partial charge on any atom is -0.392 e. The smallest absolute Gasteiger partial charge is 0.162 e. The molecule has 1 rings (SSSR count). The molecule has 0 spiro atoms. The van der Waals surface area contributed by atoms with Crippen LogP contribution >= 0.6 is 0 Å². The number of aryl methyl sites for hydroxylation is 2. The van der Waals surface area contributed by atoms with Gasteiger partial charge in [0.05, 0.1) is 29.7 Å². The van der Waals surface area contributed by atoms with Gasteiger partial charge in [-0.05, 0) is 48.0 Å². The van der Waals surface area contributed by atoms with Crippen LogP contribution in [0.25, 0.3) is 5.83 Å². The summed E-state index contributed by atoms with van der Waals surface area (Å²) in [5.74, 6) is 2.31. The SMILES string of the molecule is C#CC(C)(CO)OC(C)C.C/C=C(/F)c1c(C)ncnc1CCC.C=C/C=C(\C=C/C)C(=O)CC. The number of hydrogen-bond acceptors (Lipinski definition) is 5. The van der Waals surface area contributed by atoms with Crippen molar-refractivity contribution in [3.63, 3.8) is 0 Å². The summed E-state index contributed by atoms with van der Waals surface area (Å²) in [6.07, 6.45) is 17.4. The Morgan fingerprint density at radius 1 is 1.34 bits per heavy atom. The number of aliphatic hydroxyl groups is 1. The summed E-state index contributed by atoms with van der Waals surface area (Å²) in [5, 5.41) is 8.77. The average Bonchev–Trinajstić information content (AvgIpc) is 2.83. The molecule has 0 saturated heterocycles. The van der Waals surface area contributed by atoms with Crippen molar-refractivity contribution >= 4 is 11.6 Å². The van der Waals surface area contributed by atoms with E-state index in [1.165, 1.54) is 12.4 Å². The van der Waals surface area contributed by atoms with Gasteiger partial charge >= 0.3 is 0 Å².